The number of carbonyl (C=O) groups is 2. The van der Waals surface area contributed by atoms with Gasteiger partial charge in [-0.3, -0.25) is 9.59 Å². The van der Waals surface area contributed by atoms with Crippen LogP contribution in [0.25, 0.3) is 0 Å². The van der Waals surface area contributed by atoms with Crippen molar-refractivity contribution in [3.63, 3.8) is 0 Å². The molecule has 2 rings (SSSR count). The van der Waals surface area contributed by atoms with E-state index in [4.69, 9.17) is 22.1 Å². The zero-order valence-electron chi connectivity index (χ0n) is 12.7. The van der Waals surface area contributed by atoms with Crippen molar-refractivity contribution in [1.82, 2.24) is 5.32 Å². The molecular formula is C16H21ClN2O3. The molecule has 0 unspecified atom stereocenters. The number of amides is 1. The van der Waals surface area contributed by atoms with E-state index in [0.717, 1.165) is 32.1 Å². The highest BCUT2D eigenvalue weighted by Crippen LogP contribution is 2.32. The maximum atomic E-state index is 12.5. The van der Waals surface area contributed by atoms with Crippen molar-refractivity contribution in [3.05, 3.63) is 28.8 Å². The molecule has 0 heterocycles. The van der Waals surface area contributed by atoms with Crippen molar-refractivity contribution in [2.24, 2.45) is 0 Å². The summed E-state index contributed by atoms with van der Waals surface area (Å²) >= 11 is 5.86. The van der Waals surface area contributed by atoms with E-state index in [2.05, 4.69) is 5.32 Å². The molecule has 0 atom stereocenters. The maximum Gasteiger partial charge on any atom is 0.307 e. The van der Waals surface area contributed by atoms with E-state index in [0.29, 0.717) is 16.3 Å². The van der Waals surface area contributed by atoms with E-state index in [1.165, 1.54) is 7.11 Å². The summed E-state index contributed by atoms with van der Waals surface area (Å²) in [6.07, 6.45) is 4.79. The first-order chi connectivity index (χ1) is 10.5. The molecule has 6 heteroatoms. The van der Waals surface area contributed by atoms with Crippen LogP contribution in [0, 0.1) is 0 Å². The molecule has 0 saturated heterocycles. The van der Waals surface area contributed by atoms with Gasteiger partial charge in [0.15, 0.2) is 0 Å². The SMILES string of the molecule is COC(=O)CC1(NC(=O)c2ccc(Cl)cc2N)CCCCC1. The van der Waals surface area contributed by atoms with Crippen molar-refractivity contribution in [3.8, 4) is 0 Å². The molecule has 1 aliphatic rings. The summed E-state index contributed by atoms with van der Waals surface area (Å²) in [5, 5.41) is 3.49. The van der Waals surface area contributed by atoms with E-state index in [-0.39, 0.29) is 18.3 Å². The number of ether oxygens (including phenoxy) is 1. The number of carbonyl (C=O) groups excluding carboxylic acids is 2. The largest absolute Gasteiger partial charge is 0.469 e. The molecule has 1 aromatic carbocycles. The Kier molecular flexibility index (Phi) is 5.29. The molecule has 22 heavy (non-hydrogen) atoms. The fraction of sp³-hybridized carbons (Fsp3) is 0.500. The number of nitrogen functional groups attached to an aromatic ring is 1. The second kappa shape index (κ2) is 7.01. The average Bonchev–Trinajstić information content (AvgIpc) is 2.47. The zero-order valence-corrected chi connectivity index (χ0v) is 13.4. The molecule has 1 aromatic rings. The molecule has 0 radical (unpaired) electrons. The van der Waals surface area contributed by atoms with Crippen LogP contribution in [0.4, 0.5) is 5.69 Å². The predicted octanol–water partition coefficient (Wildman–Crippen LogP) is 2.92. The van der Waals surface area contributed by atoms with Crippen LogP contribution < -0.4 is 11.1 Å². The number of esters is 1. The molecule has 120 valence electrons. The third-order valence-electron chi connectivity index (χ3n) is 4.16. The van der Waals surface area contributed by atoms with Gasteiger partial charge in [-0.1, -0.05) is 30.9 Å². The van der Waals surface area contributed by atoms with Crippen LogP contribution in [0.2, 0.25) is 5.02 Å². The number of nitrogens with one attached hydrogen (secondary N) is 1. The molecule has 5 nitrogen and oxygen atoms in total. The van der Waals surface area contributed by atoms with Gasteiger partial charge in [-0.15, -0.1) is 0 Å². The Morgan fingerprint density at radius 1 is 1.32 bits per heavy atom. The number of rotatable bonds is 4. The second-order valence-corrected chi connectivity index (χ2v) is 6.22. The lowest BCUT2D eigenvalue weighted by molar-refractivity contribution is -0.142. The molecule has 0 aliphatic heterocycles. The van der Waals surface area contributed by atoms with Crippen LogP contribution in [0.3, 0.4) is 0 Å². The summed E-state index contributed by atoms with van der Waals surface area (Å²) in [6.45, 7) is 0. The van der Waals surface area contributed by atoms with Gasteiger partial charge in [0, 0.05) is 10.7 Å². The monoisotopic (exact) mass is 324 g/mol. The number of anilines is 1. The number of methoxy groups -OCH3 is 1. The molecule has 1 aliphatic carbocycles. The Balaban J connectivity index is 2.18. The number of halogens is 1. The van der Waals surface area contributed by atoms with Crippen LogP contribution in [-0.4, -0.2) is 24.5 Å². The summed E-state index contributed by atoms with van der Waals surface area (Å²) in [7, 11) is 1.36. The standard InChI is InChI=1S/C16H21ClN2O3/c1-22-14(20)10-16(7-3-2-4-8-16)19-15(21)12-6-5-11(17)9-13(12)18/h5-6,9H,2-4,7-8,10,18H2,1H3,(H,19,21). The van der Waals surface area contributed by atoms with Gasteiger partial charge in [0.2, 0.25) is 0 Å². The molecule has 1 fully saturated rings. The third kappa shape index (κ3) is 3.91. The fourth-order valence-corrected chi connectivity index (χ4v) is 3.15. The lowest BCUT2D eigenvalue weighted by Gasteiger charge is -2.37. The van der Waals surface area contributed by atoms with Crippen LogP contribution in [-0.2, 0) is 9.53 Å². The molecule has 3 N–H and O–H groups in total. The predicted molar refractivity (Wildman–Crippen MR) is 85.8 cm³/mol. The number of hydrogen-bond donors (Lipinski definition) is 2. The quantitative estimate of drug-likeness (QED) is 0.659. The molecule has 1 amide bonds. The molecule has 0 aromatic heterocycles. The van der Waals surface area contributed by atoms with Crippen molar-refractivity contribution in [1.29, 1.82) is 0 Å². The van der Waals surface area contributed by atoms with Crippen molar-refractivity contribution < 1.29 is 14.3 Å². The lowest BCUT2D eigenvalue weighted by Crippen LogP contribution is -2.51. The van der Waals surface area contributed by atoms with Gasteiger partial charge >= 0.3 is 5.97 Å². The highest BCUT2D eigenvalue weighted by Gasteiger charge is 2.36. The van der Waals surface area contributed by atoms with Gasteiger partial charge in [0.25, 0.3) is 5.91 Å². The smallest absolute Gasteiger partial charge is 0.307 e. The minimum Gasteiger partial charge on any atom is -0.469 e. The summed E-state index contributed by atoms with van der Waals surface area (Å²) in [4.78, 5) is 24.2. The molecular weight excluding hydrogens is 304 g/mol. The van der Waals surface area contributed by atoms with E-state index >= 15 is 0 Å². The topological polar surface area (TPSA) is 81.4 Å². The summed E-state index contributed by atoms with van der Waals surface area (Å²) in [5.41, 5.74) is 6.02. The van der Waals surface area contributed by atoms with E-state index in [1.807, 2.05) is 0 Å². The number of nitrogens with two attached hydrogens (primary N) is 1. The lowest BCUT2D eigenvalue weighted by atomic mass is 9.79. The van der Waals surface area contributed by atoms with Gasteiger partial charge in [0.05, 0.1) is 24.6 Å². The Labute approximate surface area is 135 Å². The second-order valence-electron chi connectivity index (χ2n) is 5.78. The first kappa shape index (κ1) is 16.6. The maximum absolute atomic E-state index is 12.5. The van der Waals surface area contributed by atoms with Gasteiger partial charge in [-0.05, 0) is 31.0 Å². The Morgan fingerprint density at radius 2 is 2.00 bits per heavy atom. The number of benzene rings is 1. The Morgan fingerprint density at radius 3 is 2.59 bits per heavy atom. The average molecular weight is 325 g/mol. The first-order valence-corrected chi connectivity index (χ1v) is 7.78. The Hall–Kier alpha value is -1.75. The van der Waals surface area contributed by atoms with Crippen molar-refractivity contribution in [2.75, 3.05) is 12.8 Å². The highest BCUT2D eigenvalue weighted by atomic mass is 35.5. The van der Waals surface area contributed by atoms with Crippen LogP contribution in [0.1, 0.15) is 48.9 Å². The molecule has 0 bridgehead atoms. The highest BCUT2D eigenvalue weighted by molar-refractivity contribution is 6.31. The molecule has 1 saturated carbocycles. The van der Waals surface area contributed by atoms with Gasteiger partial charge in [0.1, 0.15) is 0 Å². The van der Waals surface area contributed by atoms with Gasteiger partial charge in [-0.25, -0.2) is 0 Å². The summed E-state index contributed by atoms with van der Waals surface area (Å²) < 4.78 is 4.77. The Bertz CT molecular complexity index is 569. The fourth-order valence-electron chi connectivity index (χ4n) is 2.97. The summed E-state index contributed by atoms with van der Waals surface area (Å²) in [6, 6.07) is 4.77. The zero-order chi connectivity index (χ0) is 16.2. The third-order valence-corrected chi connectivity index (χ3v) is 4.39. The van der Waals surface area contributed by atoms with Gasteiger partial charge < -0.3 is 15.8 Å². The van der Waals surface area contributed by atoms with E-state index in [9.17, 15) is 9.59 Å². The van der Waals surface area contributed by atoms with E-state index in [1.54, 1.807) is 18.2 Å². The van der Waals surface area contributed by atoms with Crippen molar-refractivity contribution in [2.45, 2.75) is 44.1 Å². The van der Waals surface area contributed by atoms with Crippen LogP contribution >= 0.6 is 11.6 Å². The normalized spacial score (nSPS) is 16.8. The molecule has 0 spiro atoms. The minimum absolute atomic E-state index is 0.183. The number of hydrogen-bond acceptors (Lipinski definition) is 4. The summed E-state index contributed by atoms with van der Waals surface area (Å²) in [5.74, 6) is -0.591. The first-order valence-electron chi connectivity index (χ1n) is 7.40. The minimum atomic E-state index is -0.547. The van der Waals surface area contributed by atoms with Crippen LogP contribution in [0.5, 0.6) is 0 Å². The van der Waals surface area contributed by atoms with Gasteiger partial charge in [-0.2, -0.15) is 0 Å². The van der Waals surface area contributed by atoms with Crippen LogP contribution in [0.15, 0.2) is 18.2 Å². The van der Waals surface area contributed by atoms with E-state index < -0.39 is 5.54 Å². The van der Waals surface area contributed by atoms with Crippen molar-refractivity contribution >= 4 is 29.2 Å².